The number of amides is 1. The van der Waals surface area contributed by atoms with Gasteiger partial charge in [-0.3, -0.25) is 28.9 Å². The molecule has 1 aromatic rings. The Hall–Kier alpha value is -3.15. The molecule has 0 saturated heterocycles. The number of hydrogen-bond acceptors (Lipinski definition) is 10. The third-order valence-corrected chi connectivity index (χ3v) is 9.27. The van der Waals surface area contributed by atoms with Gasteiger partial charge in [0.2, 0.25) is 5.91 Å². The summed E-state index contributed by atoms with van der Waals surface area (Å²) in [5, 5.41) is 26.2. The zero-order valence-corrected chi connectivity index (χ0v) is 22.9. The number of fused-ring (bicyclic) bond motifs is 3. The number of ketones is 4. The lowest BCUT2D eigenvalue weighted by atomic mass is 9.52. The molecule has 1 aromatic carbocycles. The van der Waals surface area contributed by atoms with Crippen molar-refractivity contribution in [1.29, 1.82) is 0 Å². The van der Waals surface area contributed by atoms with Crippen LogP contribution in [0.15, 0.2) is 6.07 Å². The third kappa shape index (κ3) is 3.93. The fourth-order valence-corrected chi connectivity index (χ4v) is 7.09. The number of Topliss-reactive ketones (excluding diaryl/α,β-unsaturated/α-hetero) is 4. The summed E-state index contributed by atoms with van der Waals surface area (Å²) in [5.74, 6) is -10.4. The number of phenolic OH excluding ortho intramolecular Hbond substituents is 1. The number of phenols is 1. The molecule has 3 saturated carbocycles. The van der Waals surface area contributed by atoms with Gasteiger partial charge in [-0.15, -0.1) is 0 Å². The standard InChI is InChI=1S/C28H36N4O7/c1-27(6-7-27)30-11-13-10-16(33)18-14(20(13)31(2)3)8-12-9-15-21(32(4)5)23(35)19(26(29)38)25(37)28(15,39)24(36)17(12)22(18)34/h10,12,15,17,19,21,30,33,39H,6-9,11H2,1-5H3,(H2,29,38)/t12-,15-,17?,19?,21-,28-/m0/s1. The highest BCUT2D eigenvalue weighted by Gasteiger charge is 2.69. The van der Waals surface area contributed by atoms with Gasteiger partial charge in [0.25, 0.3) is 0 Å². The number of hydrogen-bond donors (Lipinski definition) is 4. The Balaban J connectivity index is 1.61. The second-order valence-corrected chi connectivity index (χ2v) is 12.4. The van der Waals surface area contributed by atoms with E-state index in [9.17, 15) is 34.2 Å². The Morgan fingerprint density at radius 1 is 1.13 bits per heavy atom. The number of aliphatic hydroxyl groups is 1. The van der Waals surface area contributed by atoms with Gasteiger partial charge in [-0.2, -0.15) is 0 Å². The van der Waals surface area contributed by atoms with Crippen molar-refractivity contribution in [2.45, 2.75) is 56.3 Å². The van der Waals surface area contributed by atoms with Gasteiger partial charge in [0, 0.05) is 37.8 Å². The van der Waals surface area contributed by atoms with Crippen LogP contribution in [0.2, 0.25) is 0 Å². The van der Waals surface area contributed by atoms with E-state index in [0.29, 0.717) is 12.1 Å². The van der Waals surface area contributed by atoms with Gasteiger partial charge in [-0.1, -0.05) is 0 Å². The summed E-state index contributed by atoms with van der Waals surface area (Å²) in [6.07, 6.45) is 2.37. The van der Waals surface area contributed by atoms with Gasteiger partial charge in [0.15, 0.2) is 34.7 Å². The lowest BCUT2D eigenvalue weighted by Gasteiger charge is -2.52. The lowest BCUT2D eigenvalue weighted by Crippen LogP contribution is -2.74. The molecule has 2 unspecified atom stereocenters. The summed E-state index contributed by atoms with van der Waals surface area (Å²) >= 11 is 0. The fraction of sp³-hybridized carbons (Fsp3) is 0.607. The maximum atomic E-state index is 13.9. The maximum absolute atomic E-state index is 13.9. The van der Waals surface area contributed by atoms with E-state index >= 15 is 0 Å². The lowest BCUT2D eigenvalue weighted by molar-refractivity contribution is -0.181. The van der Waals surface area contributed by atoms with Crippen molar-refractivity contribution in [3.8, 4) is 5.75 Å². The van der Waals surface area contributed by atoms with E-state index in [0.717, 1.165) is 24.1 Å². The zero-order chi connectivity index (χ0) is 28.8. The van der Waals surface area contributed by atoms with E-state index in [-0.39, 0.29) is 29.7 Å². The number of primary amides is 1. The molecular weight excluding hydrogens is 504 g/mol. The molecule has 11 heteroatoms. The van der Waals surface area contributed by atoms with Crippen molar-refractivity contribution in [1.82, 2.24) is 10.2 Å². The zero-order valence-electron chi connectivity index (χ0n) is 22.9. The number of aromatic hydroxyl groups is 1. The van der Waals surface area contributed by atoms with Crippen LogP contribution in [0.5, 0.6) is 5.75 Å². The van der Waals surface area contributed by atoms with Crippen LogP contribution >= 0.6 is 0 Å². The van der Waals surface area contributed by atoms with E-state index < -0.39 is 64.4 Å². The Labute approximate surface area is 226 Å². The van der Waals surface area contributed by atoms with E-state index in [1.807, 2.05) is 19.0 Å². The van der Waals surface area contributed by atoms with Crippen molar-refractivity contribution in [3.05, 3.63) is 22.8 Å². The van der Waals surface area contributed by atoms with Crippen LogP contribution in [-0.4, -0.2) is 89.5 Å². The van der Waals surface area contributed by atoms with Crippen LogP contribution in [0.4, 0.5) is 5.69 Å². The molecule has 0 bridgehead atoms. The molecule has 0 heterocycles. The quantitative estimate of drug-likeness (QED) is 0.347. The predicted octanol–water partition coefficient (Wildman–Crippen LogP) is -0.425. The molecule has 0 spiro atoms. The van der Waals surface area contributed by atoms with Crippen LogP contribution in [0.1, 0.15) is 47.7 Å². The highest BCUT2D eigenvalue weighted by atomic mass is 16.3. The monoisotopic (exact) mass is 540 g/mol. The average molecular weight is 541 g/mol. The minimum absolute atomic E-state index is 0.00618. The summed E-state index contributed by atoms with van der Waals surface area (Å²) in [7, 11) is 6.83. The highest BCUT2D eigenvalue weighted by molar-refractivity contribution is 6.32. The van der Waals surface area contributed by atoms with Gasteiger partial charge in [-0.05, 0) is 69.8 Å². The predicted molar refractivity (Wildman–Crippen MR) is 140 cm³/mol. The topological polar surface area (TPSA) is 170 Å². The Kier molecular flexibility index (Phi) is 6.28. The van der Waals surface area contributed by atoms with Crippen LogP contribution < -0.4 is 16.0 Å². The number of rotatable bonds is 6. The highest BCUT2D eigenvalue weighted by Crippen LogP contribution is 2.52. The van der Waals surface area contributed by atoms with Crippen LogP contribution in [0, 0.1) is 23.7 Å². The largest absolute Gasteiger partial charge is 0.507 e. The Morgan fingerprint density at radius 3 is 2.31 bits per heavy atom. The van der Waals surface area contributed by atoms with Crippen molar-refractivity contribution in [3.63, 3.8) is 0 Å². The van der Waals surface area contributed by atoms with Gasteiger partial charge in [0.1, 0.15) is 5.75 Å². The molecule has 3 fully saturated rings. The summed E-state index contributed by atoms with van der Waals surface area (Å²) in [4.78, 5) is 69.9. The normalized spacial score (nSPS) is 32.9. The van der Waals surface area contributed by atoms with E-state index in [1.165, 1.54) is 11.0 Å². The number of benzene rings is 1. The van der Waals surface area contributed by atoms with Crippen molar-refractivity contribution >= 4 is 34.7 Å². The van der Waals surface area contributed by atoms with Gasteiger partial charge >= 0.3 is 0 Å². The minimum Gasteiger partial charge on any atom is -0.507 e. The molecule has 4 aliphatic rings. The second-order valence-electron chi connectivity index (χ2n) is 12.4. The number of carbonyl (C=O) groups excluding carboxylic acids is 5. The summed E-state index contributed by atoms with van der Waals surface area (Å²) < 4.78 is 0. The average Bonchev–Trinajstić information content (AvgIpc) is 3.56. The van der Waals surface area contributed by atoms with Crippen molar-refractivity contribution in [2.75, 3.05) is 33.1 Å². The second kappa shape index (κ2) is 8.94. The molecule has 0 aromatic heterocycles. The van der Waals surface area contributed by atoms with Gasteiger partial charge in [0.05, 0.1) is 17.5 Å². The first kappa shape index (κ1) is 27.4. The SMILES string of the molecule is CN(C)c1c(CNC2(C)CC2)cc(O)c2c1C[C@H]1C[C@H]3[C@H](N(C)C)C(=O)C(C(N)=O)C(=O)[C@@]3(O)C(=O)C1C2=O. The minimum atomic E-state index is -2.72. The summed E-state index contributed by atoms with van der Waals surface area (Å²) in [6, 6.07) is 0.411. The maximum Gasteiger partial charge on any atom is 0.235 e. The first-order chi connectivity index (χ1) is 18.1. The number of nitrogens with one attached hydrogen (secondary N) is 1. The van der Waals surface area contributed by atoms with E-state index in [2.05, 4.69) is 12.2 Å². The smallest absolute Gasteiger partial charge is 0.235 e. The number of likely N-dealkylation sites (N-methyl/N-ethyl adjacent to an activating group) is 1. The molecule has 0 radical (unpaired) electrons. The van der Waals surface area contributed by atoms with Crippen LogP contribution in [0.3, 0.4) is 0 Å². The Morgan fingerprint density at radius 2 is 1.77 bits per heavy atom. The molecule has 5 N–H and O–H groups in total. The van der Waals surface area contributed by atoms with Crippen molar-refractivity contribution < 1.29 is 34.2 Å². The fourth-order valence-electron chi connectivity index (χ4n) is 7.09. The first-order valence-corrected chi connectivity index (χ1v) is 13.3. The Bertz CT molecular complexity index is 1320. The molecule has 6 atom stereocenters. The molecule has 210 valence electrons. The summed E-state index contributed by atoms with van der Waals surface area (Å²) in [6.45, 7) is 2.61. The molecule has 0 aliphatic heterocycles. The number of nitrogens with two attached hydrogens (primary N) is 1. The molecule has 11 nitrogen and oxygen atoms in total. The molecular formula is C28H36N4O7. The first-order valence-electron chi connectivity index (χ1n) is 13.3. The molecule has 4 aliphatic carbocycles. The number of anilines is 1. The number of nitrogens with zero attached hydrogens (tertiary/aromatic N) is 2. The molecule has 39 heavy (non-hydrogen) atoms. The van der Waals surface area contributed by atoms with E-state index in [4.69, 9.17) is 5.73 Å². The van der Waals surface area contributed by atoms with Crippen molar-refractivity contribution in [2.24, 2.45) is 29.4 Å². The summed E-state index contributed by atoms with van der Waals surface area (Å²) in [5.41, 5.74) is 4.88. The van der Waals surface area contributed by atoms with Gasteiger partial charge in [-0.25, -0.2) is 0 Å². The van der Waals surface area contributed by atoms with Crippen LogP contribution in [0.25, 0.3) is 0 Å². The molecule has 5 rings (SSSR count). The van der Waals surface area contributed by atoms with E-state index in [1.54, 1.807) is 14.1 Å². The third-order valence-electron chi connectivity index (χ3n) is 9.27. The van der Waals surface area contributed by atoms with Gasteiger partial charge < -0.3 is 26.2 Å². The number of carbonyl (C=O) groups is 5. The van der Waals surface area contributed by atoms with Crippen LogP contribution in [-0.2, 0) is 32.1 Å². The molecule has 1 amide bonds.